The third-order valence-electron chi connectivity index (χ3n) is 3.37. The molecular formula is C14H19BrN2O3S. The maximum atomic E-state index is 12.8. The van der Waals surface area contributed by atoms with E-state index in [0.717, 1.165) is 10.2 Å². The lowest BCUT2D eigenvalue weighted by Gasteiger charge is -2.33. The van der Waals surface area contributed by atoms with E-state index >= 15 is 0 Å². The lowest BCUT2D eigenvalue weighted by Crippen LogP contribution is -2.51. The molecule has 7 heteroatoms. The molecular weight excluding hydrogens is 356 g/mol. The Hall–Kier alpha value is -0.950. The van der Waals surface area contributed by atoms with Crippen LogP contribution in [-0.4, -0.2) is 52.0 Å². The number of aryl methyl sites for hydroxylation is 1. The van der Waals surface area contributed by atoms with E-state index in [1.54, 1.807) is 29.7 Å². The Kier molecular flexibility index (Phi) is 5.75. The minimum absolute atomic E-state index is 0.110. The van der Waals surface area contributed by atoms with Crippen LogP contribution in [0.4, 0.5) is 0 Å². The highest BCUT2D eigenvalue weighted by atomic mass is 79.9. The summed E-state index contributed by atoms with van der Waals surface area (Å²) in [6, 6.07) is 1.31. The molecule has 21 heavy (non-hydrogen) atoms. The topological polar surface area (TPSA) is 51.5 Å². The molecule has 0 aliphatic carbocycles. The van der Waals surface area contributed by atoms with Crippen LogP contribution in [0.3, 0.4) is 0 Å². The highest BCUT2D eigenvalue weighted by Crippen LogP contribution is 2.22. The Morgan fingerprint density at radius 2 is 2.24 bits per heavy atom. The lowest BCUT2D eigenvalue weighted by atomic mass is 10.2. The average molecular weight is 375 g/mol. The molecule has 1 saturated heterocycles. The van der Waals surface area contributed by atoms with Crippen molar-refractivity contribution >= 4 is 39.6 Å². The molecule has 1 atom stereocenters. The summed E-state index contributed by atoms with van der Waals surface area (Å²) < 4.78 is 7.85. The number of amides is 1. The molecule has 116 valence electrons. The number of aromatic nitrogens is 1. The third kappa shape index (κ3) is 3.63. The zero-order valence-electron chi connectivity index (χ0n) is 12.2. The van der Waals surface area contributed by atoms with Crippen molar-refractivity contribution in [2.24, 2.45) is 0 Å². The van der Waals surface area contributed by atoms with Gasteiger partial charge in [-0.2, -0.15) is 11.8 Å². The monoisotopic (exact) mass is 374 g/mol. The van der Waals surface area contributed by atoms with E-state index in [0.29, 0.717) is 31.1 Å². The van der Waals surface area contributed by atoms with Gasteiger partial charge in [-0.15, -0.1) is 0 Å². The van der Waals surface area contributed by atoms with Crippen LogP contribution in [-0.2, 0) is 16.1 Å². The lowest BCUT2D eigenvalue weighted by molar-refractivity contribution is -0.147. The fraction of sp³-hybridized carbons (Fsp3) is 0.571. The molecule has 0 spiro atoms. The van der Waals surface area contributed by atoms with Gasteiger partial charge in [0.05, 0.1) is 6.61 Å². The first-order valence-electron chi connectivity index (χ1n) is 6.99. The van der Waals surface area contributed by atoms with Gasteiger partial charge >= 0.3 is 5.97 Å². The predicted octanol–water partition coefficient (Wildman–Crippen LogP) is 2.39. The Balaban J connectivity index is 2.24. The quantitative estimate of drug-likeness (QED) is 0.759. The number of thioether (sulfide) groups is 1. The number of carbonyl (C=O) groups is 2. The maximum absolute atomic E-state index is 12.8. The van der Waals surface area contributed by atoms with Crippen molar-refractivity contribution in [3.05, 3.63) is 22.4 Å². The van der Waals surface area contributed by atoms with Crippen LogP contribution in [0.1, 0.15) is 24.3 Å². The van der Waals surface area contributed by atoms with Crippen LogP contribution < -0.4 is 0 Å². The van der Waals surface area contributed by atoms with Crippen LogP contribution in [0.5, 0.6) is 0 Å². The molecule has 1 fully saturated rings. The van der Waals surface area contributed by atoms with Crippen molar-refractivity contribution in [1.29, 1.82) is 0 Å². The summed E-state index contributed by atoms with van der Waals surface area (Å²) in [5.74, 6) is 1.02. The van der Waals surface area contributed by atoms with Crippen molar-refractivity contribution in [3.8, 4) is 0 Å². The Morgan fingerprint density at radius 1 is 1.48 bits per heavy atom. The van der Waals surface area contributed by atoms with Crippen LogP contribution >= 0.6 is 27.7 Å². The molecule has 1 aromatic rings. The number of carbonyl (C=O) groups excluding carboxylic acids is 2. The maximum Gasteiger partial charge on any atom is 0.329 e. The van der Waals surface area contributed by atoms with Crippen LogP contribution in [0, 0.1) is 0 Å². The summed E-state index contributed by atoms with van der Waals surface area (Å²) in [6.45, 7) is 5.37. The minimum Gasteiger partial charge on any atom is -0.464 e. The van der Waals surface area contributed by atoms with Crippen molar-refractivity contribution in [1.82, 2.24) is 9.47 Å². The van der Waals surface area contributed by atoms with E-state index in [1.807, 2.05) is 17.7 Å². The molecule has 2 heterocycles. The summed E-state index contributed by atoms with van der Waals surface area (Å²) in [5, 5.41) is 0. The number of esters is 1. The molecule has 0 radical (unpaired) electrons. The van der Waals surface area contributed by atoms with Gasteiger partial charge in [0.2, 0.25) is 0 Å². The van der Waals surface area contributed by atoms with E-state index < -0.39 is 6.04 Å². The Labute approximate surface area is 137 Å². The van der Waals surface area contributed by atoms with Crippen molar-refractivity contribution < 1.29 is 14.3 Å². The van der Waals surface area contributed by atoms with Gasteiger partial charge in [0.15, 0.2) is 0 Å². The van der Waals surface area contributed by atoms with E-state index in [2.05, 4.69) is 15.9 Å². The number of halogens is 1. The molecule has 2 rings (SSSR count). The molecule has 0 N–H and O–H groups in total. The van der Waals surface area contributed by atoms with Gasteiger partial charge in [-0.05, 0) is 35.8 Å². The van der Waals surface area contributed by atoms with Crippen LogP contribution in [0.2, 0.25) is 0 Å². The molecule has 1 aromatic heterocycles. The van der Waals surface area contributed by atoms with Crippen molar-refractivity contribution in [3.63, 3.8) is 0 Å². The smallest absolute Gasteiger partial charge is 0.329 e. The van der Waals surface area contributed by atoms with E-state index in [1.165, 1.54) is 0 Å². The van der Waals surface area contributed by atoms with Crippen molar-refractivity contribution in [2.45, 2.75) is 26.4 Å². The number of hydrogen-bond donors (Lipinski definition) is 0. The summed E-state index contributed by atoms with van der Waals surface area (Å²) in [5.41, 5.74) is 0.602. The summed E-state index contributed by atoms with van der Waals surface area (Å²) in [7, 11) is 0. The van der Waals surface area contributed by atoms with E-state index in [-0.39, 0.29) is 11.9 Å². The van der Waals surface area contributed by atoms with Gasteiger partial charge in [-0.25, -0.2) is 4.79 Å². The van der Waals surface area contributed by atoms with Gasteiger partial charge in [-0.1, -0.05) is 0 Å². The van der Waals surface area contributed by atoms with E-state index in [4.69, 9.17) is 4.74 Å². The largest absolute Gasteiger partial charge is 0.464 e. The zero-order valence-corrected chi connectivity index (χ0v) is 14.6. The first-order chi connectivity index (χ1) is 10.1. The van der Waals surface area contributed by atoms with Gasteiger partial charge in [0.25, 0.3) is 5.91 Å². The van der Waals surface area contributed by atoms with Crippen LogP contribution in [0.15, 0.2) is 16.7 Å². The fourth-order valence-corrected chi connectivity index (χ4v) is 3.84. The van der Waals surface area contributed by atoms with Gasteiger partial charge < -0.3 is 14.2 Å². The van der Waals surface area contributed by atoms with E-state index in [9.17, 15) is 9.59 Å². The predicted molar refractivity (Wildman–Crippen MR) is 86.6 cm³/mol. The molecule has 1 unspecified atom stereocenters. The number of rotatable bonds is 4. The second-order valence-corrected chi connectivity index (χ2v) is 6.74. The average Bonchev–Trinajstić information content (AvgIpc) is 2.88. The highest BCUT2D eigenvalue weighted by Gasteiger charge is 2.35. The van der Waals surface area contributed by atoms with Crippen LogP contribution in [0.25, 0.3) is 0 Å². The number of nitrogens with zero attached hydrogens (tertiary/aromatic N) is 2. The van der Waals surface area contributed by atoms with Gasteiger partial charge in [0.1, 0.15) is 11.7 Å². The minimum atomic E-state index is -0.491. The Bertz CT molecular complexity index is 532. The number of ether oxygens (including phenoxy) is 1. The molecule has 0 saturated carbocycles. The second kappa shape index (κ2) is 7.35. The highest BCUT2D eigenvalue weighted by molar-refractivity contribution is 9.10. The summed E-state index contributed by atoms with van der Waals surface area (Å²) in [6.07, 6.45) is 1.88. The third-order valence-corrected chi connectivity index (χ3v) is 4.83. The molecule has 1 aliphatic rings. The molecule has 0 bridgehead atoms. The second-order valence-electron chi connectivity index (χ2n) is 4.67. The first kappa shape index (κ1) is 16.4. The zero-order chi connectivity index (χ0) is 15.4. The SMILES string of the molecule is CCOC(=O)C1CSCCN1C(=O)c1cc(Br)cn1CC. The number of hydrogen-bond acceptors (Lipinski definition) is 4. The molecule has 0 aromatic carbocycles. The Morgan fingerprint density at radius 3 is 2.90 bits per heavy atom. The first-order valence-corrected chi connectivity index (χ1v) is 8.94. The van der Waals surface area contributed by atoms with Gasteiger partial charge in [-0.3, -0.25) is 4.79 Å². The molecule has 1 aliphatic heterocycles. The fourth-order valence-electron chi connectivity index (χ4n) is 2.34. The summed E-state index contributed by atoms with van der Waals surface area (Å²) >= 11 is 5.08. The standard InChI is InChI=1S/C14H19BrN2O3S/c1-3-16-8-10(15)7-11(16)13(18)17-5-6-21-9-12(17)14(19)20-4-2/h7-8,12H,3-6,9H2,1-2H3. The van der Waals surface area contributed by atoms with Gasteiger partial charge in [0, 0.05) is 35.3 Å². The van der Waals surface area contributed by atoms with Crippen molar-refractivity contribution in [2.75, 3.05) is 24.7 Å². The molecule has 1 amide bonds. The normalized spacial score (nSPS) is 18.6. The molecule has 5 nitrogen and oxygen atoms in total. The summed E-state index contributed by atoms with van der Waals surface area (Å²) in [4.78, 5) is 26.5.